The van der Waals surface area contributed by atoms with E-state index in [4.69, 9.17) is 9.15 Å². The average Bonchev–Trinajstić information content (AvgIpc) is 3.95. The van der Waals surface area contributed by atoms with Crippen molar-refractivity contribution in [1.82, 2.24) is 0 Å². The summed E-state index contributed by atoms with van der Waals surface area (Å²) >= 11 is 3.78. The zero-order valence-corrected chi connectivity index (χ0v) is 34.0. The maximum atomic E-state index is 6.34. The number of ether oxygens (including phenoxy) is 1. The van der Waals surface area contributed by atoms with Crippen LogP contribution in [0.15, 0.2) is 186 Å². The topological polar surface area (TPSA) is 22.4 Å². The van der Waals surface area contributed by atoms with Crippen LogP contribution in [0.2, 0.25) is 0 Å². The molecule has 1 aliphatic heterocycles. The predicted octanol–water partition coefficient (Wildman–Crippen LogP) is 16.6. The summed E-state index contributed by atoms with van der Waals surface area (Å²) in [5, 5.41) is 7.60. The van der Waals surface area contributed by atoms with Crippen LogP contribution in [0.4, 0.5) is 0 Å². The van der Waals surface area contributed by atoms with Gasteiger partial charge in [-0.25, -0.2) is 0 Å². The fourth-order valence-electron chi connectivity index (χ4n) is 9.43. The van der Waals surface area contributed by atoms with E-state index in [1.807, 2.05) is 22.7 Å². The number of hydrogen-bond acceptors (Lipinski definition) is 4. The van der Waals surface area contributed by atoms with Gasteiger partial charge in [-0.05, 0) is 134 Å². The van der Waals surface area contributed by atoms with Gasteiger partial charge in [-0.2, -0.15) is 0 Å². The first-order valence-corrected chi connectivity index (χ1v) is 22.1. The van der Waals surface area contributed by atoms with Gasteiger partial charge in [0.1, 0.15) is 16.9 Å². The van der Waals surface area contributed by atoms with Gasteiger partial charge >= 0.3 is 0 Å². The number of fused-ring (bicyclic) bond motifs is 13. The van der Waals surface area contributed by atoms with Crippen LogP contribution in [-0.2, 0) is 6.42 Å². The summed E-state index contributed by atoms with van der Waals surface area (Å²) in [6, 6.07) is 66.7. The molecule has 0 radical (unpaired) electrons. The Kier molecular flexibility index (Phi) is 7.51. The molecule has 282 valence electrons. The van der Waals surface area contributed by atoms with Crippen molar-refractivity contribution >= 4 is 85.0 Å². The normalized spacial score (nSPS) is 12.7. The summed E-state index contributed by atoms with van der Waals surface area (Å²) < 4.78 is 17.9. The molecule has 0 fully saturated rings. The molecule has 2 nitrogen and oxygen atoms in total. The molecule has 0 atom stereocenters. The molecule has 9 aromatic carbocycles. The Bertz CT molecular complexity index is 3680. The second kappa shape index (κ2) is 13.3. The third-order valence-corrected chi connectivity index (χ3v) is 14.7. The summed E-state index contributed by atoms with van der Waals surface area (Å²) in [5.74, 6) is 0.950. The maximum Gasteiger partial charge on any atom is 0.135 e. The van der Waals surface area contributed by atoms with Crippen molar-refractivity contribution in [3.63, 3.8) is 0 Å². The standard InChI is InChI=1S/C56H34O2S2/c1-3-7-33(8-4-1)36-13-18-48-43(28-36)42-27-38(12-11-35(42)25-26-57-48)40-16-21-51-46(31-40)55-53(59-51)23-24-54-56(55)47-32-41(17-22-52(47)60-54)39-15-20-50-45(30-39)44-29-37(14-19-49(44)58-50)34-9-5-2-6-10-34/h1-24,27-32H,25-26H2. The third-order valence-electron chi connectivity index (χ3n) is 12.4. The summed E-state index contributed by atoms with van der Waals surface area (Å²) in [6.45, 7) is 0.674. The molecule has 60 heavy (non-hydrogen) atoms. The Hall–Kier alpha value is -6.98. The van der Waals surface area contributed by atoms with Crippen LogP contribution in [0, 0.1) is 0 Å². The number of furan rings is 1. The van der Waals surface area contributed by atoms with Crippen LogP contribution < -0.4 is 4.74 Å². The van der Waals surface area contributed by atoms with Crippen molar-refractivity contribution in [3.05, 3.63) is 188 Å². The Labute approximate surface area is 354 Å². The third kappa shape index (κ3) is 5.38. The lowest BCUT2D eigenvalue weighted by Crippen LogP contribution is -1.98. The van der Waals surface area contributed by atoms with Gasteiger partial charge in [0, 0.05) is 63.1 Å². The van der Waals surface area contributed by atoms with E-state index in [-0.39, 0.29) is 0 Å². The van der Waals surface area contributed by atoms with Crippen LogP contribution in [0.5, 0.6) is 5.75 Å². The zero-order valence-electron chi connectivity index (χ0n) is 32.4. The lowest BCUT2D eigenvalue weighted by Gasteiger charge is -2.13. The molecule has 3 aromatic heterocycles. The smallest absolute Gasteiger partial charge is 0.135 e. The predicted molar refractivity (Wildman–Crippen MR) is 256 cm³/mol. The first-order valence-electron chi connectivity index (χ1n) is 20.5. The number of rotatable bonds is 4. The SMILES string of the molecule is c1ccc(-c2ccc3c(c2)-c2cc(-c4ccc5sc6ccc7sc8ccc(-c9ccc%10oc%11ccc(-c%12ccccc%12)cc%11c%10c9)cc8c7c6c5c4)ccc2CCO3)cc1. The second-order valence-electron chi connectivity index (χ2n) is 15.9. The van der Waals surface area contributed by atoms with E-state index in [2.05, 4.69) is 182 Å². The highest BCUT2D eigenvalue weighted by molar-refractivity contribution is 7.28. The quantitative estimate of drug-likeness (QED) is 0.177. The number of thiophene rings is 2. The first kappa shape index (κ1) is 33.9. The maximum absolute atomic E-state index is 6.34. The molecule has 0 spiro atoms. The highest BCUT2D eigenvalue weighted by Gasteiger charge is 2.20. The van der Waals surface area contributed by atoms with Crippen molar-refractivity contribution in [2.75, 3.05) is 6.61 Å². The monoisotopic (exact) mass is 802 g/mol. The Morgan fingerprint density at radius 2 is 0.800 bits per heavy atom. The molecular formula is C56H34O2S2. The molecule has 4 heteroatoms. The molecule has 0 saturated carbocycles. The van der Waals surface area contributed by atoms with Gasteiger partial charge in [0.05, 0.1) is 6.61 Å². The lowest BCUT2D eigenvalue weighted by molar-refractivity contribution is 0.326. The van der Waals surface area contributed by atoms with Gasteiger partial charge < -0.3 is 9.15 Å². The summed E-state index contributed by atoms with van der Waals surface area (Å²) in [6.07, 6.45) is 0.881. The van der Waals surface area contributed by atoms with Gasteiger partial charge in [-0.1, -0.05) is 103 Å². The van der Waals surface area contributed by atoms with Crippen LogP contribution in [-0.4, -0.2) is 6.61 Å². The number of benzene rings is 9. The van der Waals surface area contributed by atoms with E-state index in [0.717, 1.165) is 39.7 Å². The van der Waals surface area contributed by atoms with Crippen molar-refractivity contribution < 1.29 is 9.15 Å². The van der Waals surface area contributed by atoms with Crippen LogP contribution in [0.3, 0.4) is 0 Å². The summed E-state index contributed by atoms with van der Waals surface area (Å²) in [7, 11) is 0. The molecule has 0 bridgehead atoms. The van der Waals surface area contributed by atoms with Crippen LogP contribution in [0.1, 0.15) is 5.56 Å². The van der Waals surface area contributed by atoms with E-state index >= 15 is 0 Å². The minimum absolute atomic E-state index is 0.674. The molecule has 0 N–H and O–H groups in total. The fraction of sp³-hybridized carbons (Fsp3) is 0.0357. The van der Waals surface area contributed by atoms with Gasteiger partial charge in [-0.3, -0.25) is 0 Å². The van der Waals surface area contributed by atoms with E-state index in [1.165, 1.54) is 96.0 Å². The van der Waals surface area contributed by atoms with E-state index in [1.54, 1.807) is 0 Å². The molecule has 13 rings (SSSR count). The lowest BCUT2D eigenvalue weighted by atomic mass is 9.91. The minimum Gasteiger partial charge on any atom is -0.493 e. The largest absolute Gasteiger partial charge is 0.493 e. The number of hydrogen-bond donors (Lipinski definition) is 0. The first-order chi connectivity index (χ1) is 29.7. The van der Waals surface area contributed by atoms with Gasteiger partial charge in [0.2, 0.25) is 0 Å². The van der Waals surface area contributed by atoms with Crippen LogP contribution in [0.25, 0.3) is 118 Å². The highest BCUT2D eigenvalue weighted by Crippen LogP contribution is 2.47. The molecule has 4 heterocycles. The van der Waals surface area contributed by atoms with Crippen molar-refractivity contribution in [2.45, 2.75) is 6.42 Å². The van der Waals surface area contributed by atoms with Crippen molar-refractivity contribution in [2.24, 2.45) is 0 Å². The van der Waals surface area contributed by atoms with E-state index in [0.29, 0.717) is 6.61 Å². The van der Waals surface area contributed by atoms with Gasteiger partial charge in [0.25, 0.3) is 0 Å². The molecule has 0 amide bonds. The molecule has 12 aromatic rings. The summed E-state index contributed by atoms with van der Waals surface area (Å²) in [5.41, 5.74) is 15.2. The molecule has 1 aliphatic rings. The molecule has 0 saturated heterocycles. The average molecular weight is 803 g/mol. The fourth-order valence-corrected chi connectivity index (χ4v) is 11.6. The zero-order chi connectivity index (χ0) is 39.3. The Morgan fingerprint density at radius 1 is 0.350 bits per heavy atom. The molecule has 0 aliphatic carbocycles. The van der Waals surface area contributed by atoms with E-state index < -0.39 is 0 Å². The van der Waals surface area contributed by atoms with Gasteiger partial charge in [-0.15, -0.1) is 22.7 Å². The Morgan fingerprint density at radius 3 is 1.40 bits per heavy atom. The Balaban J connectivity index is 0.941. The molecular weight excluding hydrogens is 769 g/mol. The van der Waals surface area contributed by atoms with Crippen molar-refractivity contribution in [3.8, 4) is 61.4 Å². The highest BCUT2D eigenvalue weighted by atomic mass is 32.1. The van der Waals surface area contributed by atoms with E-state index in [9.17, 15) is 0 Å². The molecule has 0 unspecified atom stereocenters. The van der Waals surface area contributed by atoms with Gasteiger partial charge in [0.15, 0.2) is 0 Å². The van der Waals surface area contributed by atoms with Crippen LogP contribution >= 0.6 is 22.7 Å². The summed E-state index contributed by atoms with van der Waals surface area (Å²) in [4.78, 5) is 0. The van der Waals surface area contributed by atoms with Crippen molar-refractivity contribution in [1.29, 1.82) is 0 Å². The minimum atomic E-state index is 0.674. The second-order valence-corrected chi connectivity index (χ2v) is 18.0.